The van der Waals surface area contributed by atoms with Gasteiger partial charge in [-0.3, -0.25) is 0 Å². The number of aryl methyl sites for hydroxylation is 1. The summed E-state index contributed by atoms with van der Waals surface area (Å²) in [4.78, 5) is 4.26. The van der Waals surface area contributed by atoms with Crippen LogP contribution in [0.3, 0.4) is 0 Å². The Balaban J connectivity index is 2.37. The van der Waals surface area contributed by atoms with E-state index in [9.17, 15) is 0 Å². The Morgan fingerprint density at radius 1 is 1.21 bits per heavy atom. The average Bonchev–Trinajstić information content (AvgIpc) is 2.49. The molecule has 0 amide bonds. The summed E-state index contributed by atoms with van der Waals surface area (Å²) in [6.07, 6.45) is 2.80. The smallest absolute Gasteiger partial charge is 0.218 e. The fourth-order valence-electron chi connectivity index (χ4n) is 2.24. The van der Waals surface area contributed by atoms with Crippen molar-refractivity contribution in [1.29, 1.82) is 0 Å². The predicted octanol–water partition coefficient (Wildman–Crippen LogP) is 2.96. The van der Waals surface area contributed by atoms with Gasteiger partial charge in [-0.05, 0) is 30.7 Å². The van der Waals surface area contributed by atoms with E-state index in [1.807, 2.05) is 19.2 Å². The normalized spacial score (nSPS) is 12.2. The number of nitrogens with zero attached hydrogens (tertiary/aromatic N) is 1. The monoisotopic (exact) mass is 256 g/mol. The number of hydrogen-bond acceptors (Lipinski definition) is 3. The van der Waals surface area contributed by atoms with Gasteiger partial charge in [-0.15, -0.1) is 0 Å². The van der Waals surface area contributed by atoms with Crippen LogP contribution in [0.2, 0.25) is 0 Å². The van der Waals surface area contributed by atoms with E-state index in [4.69, 9.17) is 4.74 Å². The maximum absolute atomic E-state index is 5.34. The molecule has 0 spiro atoms. The molecule has 0 aliphatic carbocycles. The molecular formula is C16H20N2O. The Bertz CT molecular complexity index is 523. The van der Waals surface area contributed by atoms with Crippen LogP contribution in [0.1, 0.15) is 29.7 Å². The summed E-state index contributed by atoms with van der Waals surface area (Å²) in [5.41, 5.74) is 3.61. The molecule has 0 radical (unpaired) electrons. The zero-order valence-electron chi connectivity index (χ0n) is 11.7. The van der Waals surface area contributed by atoms with Gasteiger partial charge in [-0.1, -0.05) is 37.3 Å². The maximum atomic E-state index is 5.34. The molecule has 0 saturated heterocycles. The first kappa shape index (κ1) is 13.6. The molecule has 0 fully saturated rings. The predicted molar refractivity (Wildman–Crippen MR) is 77.5 cm³/mol. The van der Waals surface area contributed by atoms with Crippen LogP contribution < -0.4 is 10.1 Å². The highest BCUT2D eigenvalue weighted by molar-refractivity contribution is 5.38. The van der Waals surface area contributed by atoms with Crippen LogP contribution >= 0.6 is 0 Å². The minimum atomic E-state index is 0.0922. The number of ether oxygens (including phenoxy) is 1. The number of methoxy groups -OCH3 is 1. The number of benzene rings is 1. The summed E-state index contributed by atoms with van der Waals surface area (Å²) >= 11 is 0. The third kappa shape index (κ3) is 2.93. The molecule has 0 bridgehead atoms. The van der Waals surface area contributed by atoms with E-state index in [1.165, 1.54) is 11.1 Å². The summed E-state index contributed by atoms with van der Waals surface area (Å²) in [6.45, 7) is 2.16. The summed E-state index contributed by atoms with van der Waals surface area (Å²) in [7, 11) is 3.60. The first-order valence-electron chi connectivity index (χ1n) is 6.55. The number of pyridine rings is 1. The van der Waals surface area contributed by atoms with Crippen molar-refractivity contribution in [3.63, 3.8) is 0 Å². The topological polar surface area (TPSA) is 34.2 Å². The number of nitrogens with one attached hydrogen (secondary N) is 1. The highest BCUT2D eigenvalue weighted by Crippen LogP contribution is 2.28. The zero-order chi connectivity index (χ0) is 13.7. The molecule has 2 aromatic rings. The quantitative estimate of drug-likeness (QED) is 0.893. The molecule has 1 aromatic heterocycles. The molecular weight excluding hydrogens is 236 g/mol. The van der Waals surface area contributed by atoms with Crippen molar-refractivity contribution in [2.75, 3.05) is 14.2 Å². The largest absolute Gasteiger partial charge is 0.481 e. The molecule has 1 unspecified atom stereocenters. The van der Waals surface area contributed by atoms with Gasteiger partial charge in [0.2, 0.25) is 5.88 Å². The van der Waals surface area contributed by atoms with Gasteiger partial charge in [0.1, 0.15) is 0 Å². The first-order chi connectivity index (χ1) is 9.30. The molecule has 1 N–H and O–H groups in total. The van der Waals surface area contributed by atoms with E-state index in [1.54, 1.807) is 13.3 Å². The lowest BCUT2D eigenvalue weighted by molar-refractivity contribution is 0.388. The molecule has 3 nitrogen and oxygen atoms in total. The summed E-state index contributed by atoms with van der Waals surface area (Å²) in [5, 5.41) is 3.33. The summed E-state index contributed by atoms with van der Waals surface area (Å²) < 4.78 is 5.34. The van der Waals surface area contributed by atoms with Gasteiger partial charge in [-0.2, -0.15) is 0 Å². The second-order valence-corrected chi connectivity index (χ2v) is 4.42. The fourth-order valence-corrected chi connectivity index (χ4v) is 2.24. The van der Waals surface area contributed by atoms with Crippen molar-refractivity contribution >= 4 is 0 Å². The Morgan fingerprint density at radius 2 is 1.95 bits per heavy atom. The van der Waals surface area contributed by atoms with Gasteiger partial charge in [0.05, 0.1) is 13.2 Å². The van der Waals surface area contributed by atoms with Crippen molar-refractivity contribution < 1.29 is 4.74 Å². The van der Waals surface area contributed by atoms with E-state index in [2.05, 4.69) is 41.5 Å². The Labute approximate surface area is 114 Å². The highest BCUT2D eigenvalue weighted by atomic mass is 16.5. The first-order valence-corrected chi connectivity index (χ1v) is 6.55. The van der Waals surface area contributed by atoms with Crippen LogP contribution in [0.25, 0.3) is 0 Å². The van der Waals surface area contributed by atoms with Crippen molar-refractivity contribution in [3.05, 3.63) is 59.3 Å². The van der Waals surface area contributed by atoms with Crippen LogP contribution in [0.15, 0.2) is 42.6 Å². The molecule has 0 aliphatic heterocycles. The van der Waals surface area contributed by atoms with Crippen molar-refractivity contribution in [2.45, 2.75) is 19.4 Å². The SMILES string of the molecule is CCc1ccc(C(NC)c2cccnc2OC)cc1. The zero-order valence-corrected chi connectivity index (χ0v) is 11.7. The molecule has 0 aliphatic rings. The minimum Gasteiger partial charge on any atom is -0.481 e. The number of aromatic nitrogens is 1. The van der Waals surface area contributed by atoms with E-state index < -0.39 is 0 Å². The van der Waals surface area contributed by atoms with Crippen LogP contribution in [-0.4, -0.2) is 19.1 Å². The van der Waals surface area contributed by atoms with Crippen LogP contribution in [0.5, 0.6) is 5.88 Å². The second-order valence-electron chi connectivity index (χ2n) is 4.42. The fraction of sp³-hybridized carbons (Fsp3) is 0.312. The highest BCUT2D eigenvalue weighted by Gasteiger charge is 2.16. The molecule has 100 valence electrons. The van der Waals surface area contributed by atoms with E-state index in [-0.39, 0.29) is 6.04 Å². The van der Waals surface area contributed by atoms with Gasteiger partial charge in [0.15, 0.2) is 0 Å². The summed E-state index contributed by atoms with van der Waals surface area (Å²) in [6, 6.07) is 12.7. The van der Waals surface area contributed by atoms with Gasteiger partial charge in [-0.25, -0.2) is 4.98 Å². The Kier molecular flexibility index (Phi) is 4.53. The van der Waals surface area contributed by atoms with Gasteiger partial charge < -0.3 is 10.1 Å². The molecule has 2 rings (SSSR count). The minimum absolute atomic E-state index is 0.0922. The van der Waals surface area contributed by atoms with Gasteiger partial charge >= 0.3 is 0 Å². The molecule has 1 aromatic carbocycles. The molecule has 1 heterocycles. The Hall–Kier alpha value is -1.87. The van der Waals surface area contributed by atoms with Crippen LogP contribution in [0, 0.1) is 0 Å². The third-order valence-electron chi connectivity index (χ3n) is 3.31. The number of hydrogen-bond donors (Lipinski definition) is 1. The van der Waals surface area contributed by atoms with E-state index in [0.717, 1.165) is 12.0 Å². The maximum Gasteiger partial charge on any atom is 0.218 e. The standard InChI is InChI=1S/C16H20N2O/c1-4-12-7-9-13(10-8-12)15(17-2)14-6-5-11-18-16(14)19-3/h5-11,15,17H,4H2,1-3H3. The van der Waals surface area contributed by atoms with Gasteiger partial charge in [0, 0.05) is 11.8 Å². The van der Waals surface area contributed by atoms with Crippen molar-refractivity contribution in [3.8, 4) is 5.88 Å². The molecule has 19 heavy (non-hydrogen) atoms. The third-order valence-corrected chi connectivity index (χ3v) is 3.31. The average molecular weight is 256 g/mol. The van der Waals surface area contributed by atoms with E-state index >= 15 is 0 Å². The molecule has 3 heteroatoms. The lowest BCUT2D eigenvalue weighted by atomic mass is 9.98. The Morgan fingerprint density at radius 3 is 2.53 bits per heavy atom. The summed E-state index contributed by atoms with van der Waals surface area (Å²) in [5.74, 6) is 0.668. The molecule has 0 saturated carbocycles. The lowest BCUT2D eigenvalue weighted by Crippen LogP contribution is -2.18. The second kappa shape index (κ2) is 6.34. The molecule has 1 atom stereocenters. The van der Waals surface area contributed by atoms with Crippen molar-refractivity contribution in [1.82, 2.24) is 10.3 Å². The lowest BCUT2D eigenvalue weighted by Gasteiger charge is -2.19. The van der Waals surface area contributed by atoms with Crippen molar-refractivity contribution in [2.24, 2.45) is 0 Å². The van der Waals surface area contributed by atoms with E-state index in [0.29, 0.717) is 5.88 Å². The number of rotatable bonds is 5. The van der Waals surface area contributed by atoms with Gasteiger partial charge in [0.25, 0.3) is 0 Å². The van der Waals surface area contributed by atoms with Crippen LogP contribution in [-0.2, 0) is 6.42 Å². The van der Waals surface area contributed by atoms with Crippen LogP contribution in [0.4, 0.5) is 0 Å².